The van der Waals surface area contributed by atoms with E-state index in [1.54, 1.807) is 13.0 Å². The normalized spacial score (nSPS) is 12.9. The Hall–Kier alpha value is -1.89. The molecule has 1 heterocycles. The van der Waals surface area contributed by atoms with Crippen LogP contribution < -0.4 is 4.74 Å². The third kappa shape index (κ3) is 5.31. The van der Waals surface area contributed by atoms with Gasteiger partial charge in [-0.1, -0.05) is 32.4 Å². The SMILES string of the molecule is CCCC(C)Oc1cccc(CC(=O)c2sc(C(F)(F)F)nc2CC)c1C. The van der Waals surface area contributed by atoms with Crippen molar-refractivity contribution in [1.82, 2.24) is 4.98 Å². The number of nitrogens with zero attached hydrogens (tertiary/aromatic N) is 1. The van der Waals surface area contributed by atoms with E-state index in [4.69, 9.17) is 4.74 Å². The molecule has 0 spiro atoms. The minimum atomic E-state index is -4.54. The van der Waals surface area contributed by atoms with Crippen LogP contribution in [-0.4, -0.2) is 16.9 Å². The Morgan fingerprint density at radius 3 is 2.59 bits per heavy atom. The molecule has 0 aliphatic carbocycles. The molecule has 0 N–H and O–H groups in total. The zero-order valence-electron chi connectivity index (χ0n) is 15.9. The Kier molecular flexibility index (Phi) is 7.03. The molecular weight excluding hydrogens is 375 g/mol. The minimum Gasteiger partial charge on any atom is -0.490 e. The molecule has 0 saturated heterocycles. The van der Waals surface area contributed by atoms with E-state index in [1.165, 1.54) is 0 Å². The number of thiazole rings is 1. The minimum absolute atomic E-state index is 0.0255. The summed E-state index contributed by atoms with van der Waals surface area (Å²) in [6.07, 6.45) is -2.25. The van der Waals surface area contributed by atoms with E-state index in [0.29, 0.717) is 17.1 Å². The fraction of sp³-hybridized carbons (Fsp3) is 0.500. The van der Waals surface area contributed by atoms with Gasteiger partial charge in [-0.25, -0.2) is 4.98 Å². The smallest absolute Gasteiger partial charge is 0.443 e. The van der Waals surface area contributed by atoms with Crippen LogP contribution in [0.2, 0.25) is 0 Å². The molecule has 0 amide bonds. The summed E-state index contributed by atoms with van der Waals surface area (Å²) >= 11 is 0.429. The Morgan fingerprint density at radius 2 is 2.00 bits per heavy atom. The molecule has 2 rings (SSSR count). The van der Waals surface area contributed by atoms with Crippen LogP contribution in [0, 0.1) is 6.92 Å². The number of alkyl halides is 3. The zero-order valence-corrected chi connectivity index (χ0v) is 16.8. The first-order chi connectivity index (χ1) is 12.7. The van der Waals surface area contributed by atoms with Crippen LogP contribution >= 0.6 is 11.3 Å². The van der Waals surface area contributed by atoms with Crippen molar-refractivity contribution in [3.8, 4) is 5.75 Å². The third-order valence-electron chi connectivity index (χ3n) is 4.30. The van der Waals surface area contributed by atoms with Crippen molar-refractivity contribution in [3.05, 3.63) is 44.9 Å². The van der Waals surface area contributed by atoms with Gasteiger partial charge in [-0.15, -0.1) is 11.3 Å². The second-order valence-corrected chi connectivity index (χ2v) is 7.50. The lowest BCUT2D eigenvalue weighted by atomic mass is 10.0. The first kappa shape index (κ1) is 21.4. The third-order valence-corrected chi connectivity index (χ3v) is 5.48. The number of halogens is 3. The van der Waals surface area contributed by atoms with Crippen LogP contribution in [0.25, 0.3) is 0 Å². The highest BCUT2D eigenvalue weighted by atomic mass is 32.1. The zero-order chi connectivity index (χ0) is 20.2. The van der Waals surface area contributed by atoms with Crippen LogP contribution in [0.3, 0.4) is 0 Å². The highest BCUT2D eigenvalue weighted by molar-refractivity contribution is 7.14. The molecule has 0 fully saturated rings. The average Bonchev–Trinajstić information content (AvgIpc) is 3.03. The Morgan fingerprint density at radius 1 is 1.30 bits per heavy atom. The lowest BCUT2D eigenvalue weighted by Crippen LogP contribution is -2.13. The predicted octanol–water partition coefficient (Wildman–Crippen LogP) is 6.03. The topological polar surface area (TPSA) is 39.2 Å². The van der Waals surface area contributed by atoms with Crippen LogP contribution in [-0.2, 0) is 19.0 Å². The number of hydrogen-bond acceptors (Lipinski definition) is 4. The van der Waals surface area contributed by atoms with E-state index >= 15 is 0 Å². The fourth-order valence-corrected chi connectivity index (χ4v) is 3.80. The molecule has 7 heteroatoms. The van der Waals surface area contributed by atoms with Crippen LogP contribution in [0.4, 0.5) is 13.2 Å². The van der Waals surface area contributed by atoms with Gasteiger partial charge in [0.05, 0.1) is 16.7 Å². The molecule has 148 valence electrons. The average molecular weight is 399 g/mol. The number of rotatable bonds is 8. The van der Waals surface area contributed by atoms with E-state index in [1.807, 2.05) is 26.0 Å². The molecule has 0 radical (unpaired) electrons. The first-order valence-corrected chi connectivity index (χ1v) is 9.84. The predicted molar refractivity (Wildman–Crippen MR) is 101 cm³/mol. The fourth-order valence-electron chi connectivity index (χ4n) is 2.85. The van der Waals surface area contributed by atoms with Gasteiger partial charge in [0.1, 0.15) is 5.75 Å². The summed E-state index contributed by atoms with van der Waals surface area (Å²) in [5.74, 6) is 0.360. The van der Waals surface area contributed by atoms with Gasteiger partial charge >= 0.3 is 6.18 Å². The van der Waals surface area contributed by atoms with E-state index in [-0.39, 0.29) is 35.3 Å². The standard InChI is InChI=1S/C20H24F3NO2S/c1-5-8-12(3)26-17-10-7-9-14(13(17)4)11-16(25)18-15(6-2)24-19(27-18)20(21,22)23/h7,9-10,12H,5-6,8,11H2,1-4H3. The maximum absolute atomic E-state index is 12.9. The molecule has 3 nitrogen and oxygen atoms in total. The molecule has 1 aromatic carbocycles. The van der Waals surface area contributed by atoms with Crippen molar-refractivity contribution in [2.24, 2.45) is 0 Å². The van der Waals surface area contributed by atoms with Gasteiger partial charge in [0, 0.05) is 6.42 Å². The maximum atomic E-state index is 12.9. The number of Topliss-reactive ketones (excluding diaryl/α,β-unsaturated/α-hetero) is 1. The van der Waals surface area contributed by atoms with Gasteiger partial charge < -0.3 is 4.74 Å². The van der Waals surface area contributed by atoms with Crippen molar-refractivity contribution >= 4 is 17.1 Å². The van der Waals surface area contributed by atoms with Gasteiger partial charge in [0.2, 0.25) is 0 Å². The molecule has 1 aromatic heterocycles. The molecule has 1 unspecified atom stereocenters. The van der Waals surface area contributed by atoms with Gasteiger partial charge in [0.25, 0.3) is 0 Å². The molecule has 0 aliphatic rings. The quantitative estimate of drug-likeness (QED) is 0.509. The van der Waals surface area contributed by atoms with Gasteiger partial charge in [-0.2, -0.15) is 13.2 Å². The number of aryl methyl sites for hydroxylation is 1. The molecule has 0 aliphatic heterocycles. The van der Waals surface area contributed by atoms with Crippen LogP contribution in [0.5, 0.6) is 5.75 Å². The summed E-state index contributed by atoms with van der Waals surface area (Å²) < 4.78 is 44.7. The van der Waals surface area contributed by atoms with Gasteiger partial charge in [-0.05, 0) is 43.9 Å². The largest absolute Gasteiger partial charge is 0.490 e. The van der Waals surface area contributed by atoms with Crippen molar-refractivity contribution in [2.45, 2.75) is 65.7 Å². The van der Waals surface area contributed by atoms with Crippen molar-refractivity contribution < 1.29 is 22.7 Å². The second-order valence-electron chi connectivity index (χ2n) is 6.50. The Balaban J connectivity index is 2.25. The lowest BCUT2D eigenvalue weighted by molar-refractivity contribution is -0.137. The van der Waals surface area contributed by atoms with Crippen molar-refractivity contribution in [1.29, 1.82) is 0 Å². The monoisotopic (exact) mass is 399 g/mol. The summed E-state index contributed by atoms with van der Waals surface area (Å²) in [5.41, 5.74) is 1.80. The number of aromatic nitrogens is 1. The van der Waals surface area contributed by atoms with Gasteiger partial charge in [-0.3, -0.25) is 4.79 Å². The summed E-state index contributed by atoms with van der Waals surface area (Å²) in [6.45, 7) is 7.63. The Bertz CT molecular complexity index is 799. The van der Waals surface area contributed by atoms with E-state index in [9.17, 15) is 18.0 Å². The van der Waals surface area contributed by atoms with Crippen LogP contribution in [0.1, 0.15) is 65.1 Å². The molecule has 1 atom stereocenters. The number of hydrogen-bond donors (Lipinski definition) is 0. The highest BCUT2D eigenvalue weighted by Gasteiger charge is 2.36. The number of ketones is 1. The molecular formula is C20H24F3NO2S. The highest BCUT2D eigenvalue weighted by Crippen LogP contribution is 2.35. The van der Waals surface area contributed by atoms with Crippen LogP contribution in [0.15, 0.2) is 18.2 Å². The number of carbonyl (C=O) groups is 1. The number of benzene rings is 1. The lowest BCUT2D eigenvalue weighted by Gasteiger charge is -2.17. The van der Waals surface area contributed by atoms with E-state index in [0.717, 1.165) is 24.0 Å². The molecule has 0 saturated carbocycles. The molecule has 2 aromatic rings. The summed E-state index contributed by atoms with van der Waals surface area (Å²) in [7, 11) is 0. The first-order valence-electron chi connectivity index (χ1n) is 9.02. The van der Waals surface area contributed by atoms with E-state index < -0.39 is 11.2 Å². The van der Waals surface area contributed by atoms with Crippen molar-refractivity contribution in [2.75, 3.05) is 0 Å². The second kappa shape index (κ2) is 8.87. The summed E-state index contributed by atoms with van der Waals surface area (Å²) in [4.78, 5) is 16.4. The summed E-state index contributed by atoms with van der Waals surface area (Å²) in [5, 5.41) is -0.968. The Labute approximate surface area is 161 Å². The summed E-state index contributed by atoms with van der Waals surface area (Å²) in [6, 6.07) is 5.46. The number of carbonyl (C=O) groups excluding carboxylic acids is 1. The molecule has 27 heavy (non-hydrogen) atoms. The van der Waals surface area contributed by atoms with E-state index in [2.05, 4.69) is 11.9 Å². The van der Waals surface area contributed by atoms with Crippen molar-refractivity contribution in [3.63, 3.8) is 0 Å². The molecule has 0 bridgehead atoms. The van der Waals surface area contributed by atoms with Gasteiger partial charge in [0.15, 0.2) is 10.8 Å². The maximum Gasteiger partial charge on any atom is 0.443 e. The number of ether oxygens (including phenoxy) is 1.